The molecular weight excluding hydrogens is 680 g/mol. The van der Waals surface area contributed by atoms with Crippen LogP contribution >= 0.6 is 27.3 Å². The van der Waals surface area contributed by atoms with Gasteiger partial charge in [0.25, 0.3) is 5.56 Å². The number of carbonyl (C=O) groups is 1. The molecule has 5 aromatic rings. The molecule has 10 heteroatoms. The van der Waals surface area contributed by atoms with Gasteiger partial charge >= 0.3 is 5.97 Å². The standard InChI is InChI=1S/C37H33BrN2O6S/c1-21(2)46-36(42)33-22(3)39-37-40(34(33)28-19-26(38)14-16-29(28)43-4)35(41)32(47-37)18-23-13-15-30(31(17-23)44-5)45-20-25-11-8-10-24-9-6-7-12-27(24)25/h6-19,21,34H,20H2,1-5H3/b32-18-/t34-/m1/s1. The molecular formula is C37H33BrN2O6S. The molecule has 240 valence electrons. The van der Waals surface area contributed by atoms with Crippen LogP contribution in [-0.4, -0.2) is 30.9 Å². The Labute approximate surface area is 284 Å². The molecule has 1 aliphatic rings. The van der Waals surface area contributed by atoms with Crippen LogP contribution in [0.1, 0.15) is 43.5 Å². The third-order valence-electron chi connectivity index (χ3n) is 7.82. The van der Waals surface area contributed by atoms with E-state index >= 15 is 0 Å². The van der Waals surface area contributed by atoms with Crippen LogP contribution < -0.4 is 29.1 Å². The molecule has 0 spiro atoms. The van der Waals surface area contributed by atoms with Gasteiger partial charge in [-0.2, -0.15) is 0 Å². The molecule has 0 saturated carbocycles. The Morgan fingerprint density at radius 2 is 1.72 bits per heavy atom. The van der Waals surface area contributed by atoms with Crippen molar-refractivity contribution in [3.8, 4) is 17.2 Å². The van der Waals surface area contributed by atoms with Crippen LogP contribution in [0.25, 0.3) is 16.8 Å². The molecule has 0 bridgehead atoms. The maximum Gasteiger partial charge on any atom is 0.338 e. The molecule has 0 saturated heterocycles. The predicted octanol–water partition coefficient (Wildman–Crippen LogP) is 6.70. The molecule has 4 aromatic carbocycles. The molecule has 0 fully saturated rings. The Kier molecular flexibility index (Phi) is 9.33. The number of halogens is 1. The lowest BCUT2D eigenvalue weighted by Crippen LogP contribution is -2.40. The van der Waals surface area contributed by atoms with Crippen LogP contribution in [0.2, 0.25) is 0 Å². The first kappa shape index (κ1) is 32.3. The summed E-state index contributed by atoms with van der Waals surface area (Å²) in [4.78, 5) is 32.8. The number of hydrogen-bond acceptors (Lipinski definition) is 8. The number of nitrogens with zero attached hydrogens (tertiary/aromatic N) is 2. The molecule has 1 aromatic heterocycles. The smallest absolute Gasteiger partial charge is 0.338 e. The quantitative estimate of drug-likeness (QED) is 0.158. The summed E-state index contributed by atoms with van der Waals surface area (Å²) in [5.74, 6) is 1.12. The van der Waals surface area contributed by atoms with Gasteiger partial charge in [-0.05, 0) is 79.1 Å². The zero-order valence-electron chi connectivity index (χ0n) is 26.6. The van der Waals surface area contributed by atoms with Crippen LogP contribution in [-0.2, 0) is 16.1 Å². The van der Waals surface area contributed by atoms with Crippen molar-refractivity contribution in [1.29, 1.82) is 0 Å². The van der Waals surface area contributed by atoms with Crippen molar-refractivity contribution in [3.63, 3.8) is 0 Å². The molecule has 1 aliphatic heterocycles. The number of rotatable bonds is 9. The van der Waals surface area contributed by atoms with Crippen molar-refractivity contribution in [3.05, 3.63) is 131 Å². The minimum atomic E-state index is -0.813. The first-order chi connectivity index (χ1) is 22.7. The van der Waals surface area contributed by atoms with Crippen molar-refractivity contribution in [2.24, 2.45) is 4.99 Å². The Balaban J connectivity index is 1.40. The van der Waals surface area contributed by atoms with Gasteiger partial charge in [-0.1, -0.05) is 75.8 Å². The molecule has 6 rings (SSSR count). The Bertz CT molecular complexity index is 2210. The zero-order chi connectivity index (χ0) is 33.2. The van der Waals surface area contributed by atoms with E-state index in [2.05, 4.69) is 40.2 Å². The van der Waals surface area contributed by atoms with E-state index in [4.69, 9.17) is 23.9 Å². The second kappa shape index (κ2) is 13.6. The van der Waals surface area contributed by atoms with E-state index in [1.807, 2.05) is 48.5 Å². The molecule has 0 aliphatic carbocycles. The van der Waals surface area contributed by atoms with Gasteiger partial charge in [-0.25, -0.2) is 9.79 Å². The SMILES string of the molecule is COc1cc(/C=c2\sc3n(c2=O)[C@H](c2cc(Br)ccc2OC)C(C(=O)OC(C)C)=C(C)N=3)ccc1OCc1cccc2ccccc12. The number of benzene rings is 4. The fourth-order valence-corrected chi connectivity index (χ4v) is 7.12. The van der Waals surface area contributed by atoms with Gasteiger partial charge < -0.3 is 18.9 Å². The molecule has 1 atom stereocenters. The average Bonchev–Trinajstić information content (AvgIpc) is 3.36. The van der Waals surface area contributed by atoms with Crippen molar-refractivity contribution >= 4 is 50.1 Å². The van der Waals surface area contributed by atoms with E-state index < -0.39 is 12.0 Å². The summed E-state index contributed by atoms with van der Waals surface area (Å²) in [5.41, 5.74) is 2.91. The second-order valence-corrected chi connectivity index (χ2v) is 13.2. The number of aromatic nitrogens is 1. The monoisotopic (exact) mass is 712 g/mol. The lowest BCUT2D eigenvalue weighted by atomic mass is 9.95. The lowest BCUT2D eigenvalue weighted by Gasteiger charge is -2.26. The maximum atomic E-state index is 14.2. The van der Waals surface area contributed by atoms with E-state index in [0.717, 1.165) is 26.4 Å². The largest absolute Gasteiger partial charge is 0.496 e. The summed E-state index contributed by atoms with van der Waals surface area (Å²) in [6, 6.07) is 24.6. The van der Waals surface area contributed by atoms with Gasteiger partial charge in [-0.15, -0.1) is 0 Å². The van der Waals surface area contributed by atoms with Crippen molar-refractivity contribution in [2.75, 3.05) is 14.2 Å². The summed E-state index contributed by atoms with van der Waals surface area (Å²) < 4.78 is 26.0. The number of thiazole rings is 1. The molecule has 0 N–H and O–H groups in total. The number of ether oxygens (including phenoxy) is 4. The average molecular weight is 714 g/mol. The van der Waals surface area contributed by atoms with Crippen molar-refractivity contribution in [1.82, 2.24) is 4.57 Å². The summed E-state index contributed by atoms with van der Waals surface area (Å²) in [6.07, 6.45) is 1.44. The van der Waals surface area contributed by atoms with Crippen molar-refractivity contribution < 1.29 is 23.7 Å². The number of fused-ring (bicyclic) bond motifs is 2. The molecule has 0 radical (unpaired) electrons. The maximum absolute atomic E-state index is 14.2. The highest BCUT2D eigenvalue weighted by Crippen LogP contribution is 2.37. The van der Waals surface area contributed by atoms with E-state index in [1.54, 1.807) is 51.7 Å². The summed E-state index contributed by atoms with van der Waals surface area (Å²) in [6.45, 7) is 5.70. The highest BCUT2D eigenvalue weighted by Gasteiger charge is 2.35. The third kappa shape index (κ3) is 6.48. The van der Waals surface area contributed by atoms with Gasteiger partial charge in [0, 0.05) is 10.0 Å². The van der Waals surface area contributed by atoms with Gasteiger partial charge in [0.1, 0.15) is 18.4 Å². The van der Waals surface area contributed by atoms with E-state index in [-0.39, 0.29) is 17.2 Å². The van der Waals surface area contributed by atoms with Gasteiger partial charge in [0.15, 0.2) is 16.3 Å². The number of carbonyl (C=O) groups excluding carboxylic acids is 1. The number of esters is 1. The van der Waals surface area contributed by atoms with Crippen LogP contribution in [0.5, 0.6) is 17.2 Å². The first-order valence-electron chi connectivity index (χ1n) is 15.0. The number of methoxy groups -OCH3 is 2. The van der Waals surface area contributed by atoms with Crippen LogP contribution in [0.15, 0.2) is 104 Å². The lowest BCUT2D eigenvalue weighted by molar-refractivity contribution is -0.143. The molecule has 0 unspecified atom stereocenters. The molecule has 8 nitrogen and oxygen atoms in total. The topological polar surface area (TPSA) is 88.4 Å². The Morgan fingerprint density at radius 1 is 0.979 bits per heavy atom. The van der Waals surface area contributed by atoms with E-state index in [0.29, 0.717) is 44.4 Å². The molecule has 47 heavy (non-hydrogen) atoms. The highest BCUT2D eigenvalue weighted by atomic mass is 79.9. The fraction of sp³-hybridized carbons (Fsp3) is 0.216. The van der Waals surface area contributed by atoms with Crippen LogP contribution in [0.4, 0.5) is 0 Å². The highest BCUT2D eigenvalue weighted by molar-refractivity contribution is 9.10. The third-order valence-corrected chi connectivity index (χ3v) is 9.30. The molecule has 0 amide bonds. The van der Waals surface area contributed by atoms with Crippen LogP contribution in [0.3, 0.4) is 0 Å². The van der Waals surface area contributed by atoms with E-state index in [9.17, 15) is 9.59 Å². The Hall–Kier alpha value is -4.67. The zero-order valence-corrected chi connectivity index (χ0v) is 29.0. The fourth-order valence-electron chi connectivity index (χ4n) is 5.69. The van der Waals surface area contributed by atoms with Crippen LogP contribution in [0, 0.1) is 0 Å². The summed E-state index contributed by atoms with van der Waals surface area (Å²) in [5, 5.41) is 2.28. The second-order valence-electron chi connectivity index (χ2n) is 11.3. The minimum Gasteiger partial charge on any atom is -0.496 e. The summed E-state index contributed by atoms with van der Waals surface area (Å²) >= 11 is 4.79. The predicted molar refractivity (Wildman–Crippen MR) is 187 cm³/mol. The summed E-state index contributed by atoms with van der Waals surface area (Å²) in [7, 11) is 3.14. The normalized spacial score (nSPS) is 14.6. The number of allylic oxidation sites excluding steroid dienone is 1. The van der Waals surface area contributed by atoms with E-state index in [1.165, 1.54) is 11.3 Å². The van der Waals surface area contributed by atoms with Crippen molar-refractivity contribution in [2.45, 2.75) is 39.5 Å². The number of hydrogen-bond donors (Lipinski definition) is 0. The minimum absolute atomic E-state index is 0.281. The van der Waals surface area contributed by atoms with Gasteiger partial charge in [0.2, 0.25) is 0 Å². The first-order valence-corrected chi connectivity index (χ1v) is 16.6. The van der Waals surface area contributed by atoms with Gasteiger partial charge in [-0.3, -0.25) is 9.36 Å². The van der Waals surface area contributed by atoms with Gasteiger partial charge in [0.05, 0.1) is 36.1 Å². The molecule has 2 heterocycles. The Morgan fingerprint density at radius 3 is 2.49 bits per heavy atom.